The van der Waals surface area contributed by atoms with Crippen LogP contribution in [0, 0.1) is 17.3 Å². The van der Waals surface area contributed by atoms with E-state index in [-0.39, 0.29) is 23.3 Å². The van der Waals surface area contributed by atoms with E-state index in [1.165, 1.54) is 25.7 Å². The zero-order chi connectivity index (χ0) is 14.8. The highest BCUT2D eigenvalue weighted by Crippen LogP contribution is 2.44. The summed E-state index contributed by atoms with van der Waals surface area (Å²) in [5.41, 5.74) is 6.20. The molecule has 0 spiro atoms. The molecule has 3 unspecified atom stereocenters. The Hall–Kier alpha value is -0.570. The summed E-state index contributed by atoms with van der Waals surface area (Å²) in [4.78, 5) is 12.7. The van der Waals surface area contributed by atoms with Gasteiger partial charge in [0.15, 0.2) is 0 Å². The van der Waals surface area contributed by atoms with Crippen molar-refractivity contribution in [2.75, 3.05) is 0 Å². The van der Waals surface area contributed by atoms with Crippen molar-refractivity contribution >= 4 is 5.91 Å². The molecule has 2 aliphatic rings. The molecule has 0 aromatic rings. The van der Waals surface area contributed by atoms with E-state index in [1.807, 2.05) is 0 Å². The smallest absolute Gasteiger partial charge is 0.223 e. The molecule has 0 heterocycles. The fraction of sp³-hybridized carbons (Fsp3) is 0.941. The van der Waals surface area contributed by atoms with Gasteiger partial charge in [0.05, 0.1) is 0 Å². The summed E-state index contributed by atoms with van der Waals surface area (Å²) in [6.07, 6.45) is 9.42. The first kappa shape index (κ1) is 15.8. The molecule has 0 aromatic heterocycles. The van der Waals surface area contributed by atoms with Crippen molar-refractivity contribution in [2.45, 2.75) is 84.2 Å². The Morgan fingerprint density at radius 2 is 1.65 bits per heavy atom. The number of rotatable bonds is 2. The minimum Gasteiger partial charge on any atom is -0.353 e. The Balaban J connectivity index is 1.97. The van der Waals surface area contributed by atoms with Crippen LogP contribution in [0.1, 0.15) is 72.1 Å². The SMILES string of the molecule is CC1C(N)CCC(C(=O)NC2CCCCCC2)C1(C)C. The Kier molecular flexibility index (Phi) is 5.11. The standard InChI is InChI=1S/C17H32N2O/c1-12-15(18)11-10-14(17(12,2)3)16(20)19-13-8-6-4-5-7-9-13/h12-15H,4-11,18H2,1-3H3,(H,19,20). The quantitative estimate of drug-likeness (QED) is 0.763. The van der Waals surface area contributed by atoms with E-state index < -0.39 is 0 Å². The van der Waals surface area contributed by atoms with E-state index in [0.29, 0.717) is 12.0 Å². The van der Waals surface area contributed by atoms with Gasteiger partial charge in [0.25, 0.3) is 0 Å². The van der Waals surface area contributed by atoms with Gasteiger partial charge in [-0.05, 0) is 37.0 Å². The number of nitrogens with one attached hydrogen (secondary N) is 1. The molecular weight excluding hydrogens is 248 g/mol. The van der Waals surface area contributed by atoms with E-state index in [0.717, 1.165) is 25.7 Å². The zero-order valence-corrected chi connectivity index (χ0v) is 13.5. The molecule has 3 nitrogen and oxygen atoms in total. The van der Waals surface area contributed by atoms with Crippen LogP contribution in [0.4, 0.5) is 0 Å². The molecule has 2 aliphatic carbocycles. The summed E-state index contributed by atoms with van der Waals surface area (Å²) >= 11 is 0. The van der Waals surface area contributed by atoms with Crippen molar-refractivity contribution in [3.05, 3.63) is 0 Å². The summed E-state index contributed by atoms with van der Waals surface area (Å²) < 4.78 is 0. The van der Waals surface area contributed by atoms with Gasteiger partial charge in [0, 0.05) is 18.0 Å². The number of amides is 1. The Bertz CT molecular complexity index is 332. The van der Waals surface area contributed by atoms with Crippen molar-refractivity contribution in [1.29, 1.82) is 0 Å². The summed E-state index contributed by atoms with van der Waals surface area (Å²) in [5, 5.41) is 3.34. The topological polar surface area (TPSA) is 55.1 Å². The predicted octanol–water partition coefficient (Wildman–Crippen LogP) is 3.23. The molecule has 2 rings (SSSR count). The van der Waals surface area contributed by atoms with Gasteiger partial charge in [-0.3, -0.25) is 4.79 Å². The zero-order valence-electron chi connectivity index (χ0n) is 13.5. The molecule has 20 heavy (non-hydrogen) atoms. The third kappa shape index (κ3) is 3.36. The lowest BCUT2D eigenvalue weighted by molar-refractivity contribution is -0.133. The summed E-state index contributed by atoms with van der Waals surface area (Å²) in [5.74, 6) is 0.808. The normalized spacial score (nSPS) is 35.3. The molecule has 3 N–H and O–H groups in total. The van der Waals surface area contributed by atoms with Gasteiger partial charge in [-0.1, -0.05) is 46.5 Å². The van der Waals surface area contributed by atoms with Crippen molar-refractivity contribution in [1.82, 2.24) is 5.32 Å². The third-order valence-corrected chi connectivity index (χ3v) is 6.02. The molecule has 0 bridgehead atoms. The fourth-order valence-electron chi connectivity index (χ4n) is 4.04. The first-order chi connectivity index (χ1) is 9.43. The van der Waals surface area contributed by atoms with Crippen LogP contribution in [-0.4, -0.2) is 18.0 Å². The van der Waals surface area contributed by atoms with Crippen molar-refractivity contribution < 1.29 is 4.79 Å². The summed E-state index contributed by atoms with van der Waals surface area (Å²) in [7, 11) is 0. The van der Waals surface area contributed by atoms with Crippen LogP contribution in [0.25, 0.3) is 0 Å². The van der Waals surface area contributed by atoms with Crippen LogP contribution in [0.3, 0.4) is 0 Å². The van der Waals surface area contributed by atoms with Crippen molar-refractivity contribution in [3.8, 4) is 0 Å². The van der Waals surface area contributed by atoms with Crippen LogP contribution in [0.2, 0.25) is 0 Å². The number of hydrogen-bond acceptors (Lipinski definition) is 2. The van der Waals surface area contributed by atoms with Gasteiger partial charge < -0.3 is 11.1 Å². The van der Waals surface area contributed by atoms with Gasteiger partial charge in [-0.15, -0.1) is 0 Å². The average molecular weight is 280 g/mol. The average Bonchev–Trinajstić information content (AvgIpc) is 2.64. The van der Waals surface area contributed by atoms with Gasteiger partial charge in [-0.25, -0.2) is 0 Å². The maximum atomic E-state index is 12.7. The fourth-order valence-corrected chi connectivity index (χ4v) is 4.04. The second-order valence-electron chi connectivity index (χ2n) is 7.60. The van der Waals surface area contributed by atoms with E-state index in [1.54, 1.807) is 0 Å². The molecule has 1 amide bonds. The van der Waals surface area contributed by atoms with Gasteiger partial charge in [0.1, 0.15) is 0 Å². The minimum absolute atomic E-state index is 0.00643. The van der Waals surface area contributed by atoms with E-state index >= 15 is 0 Å². The van der Waals surface area contributed by atoms with Crippen molar-refractivity contribution in [3.63, 3.8) is 0 Å². The highest BCUT2D eigenvalue weighted by molar-refractivity contribution is 5.80. The first-order valence-corrected chi connectivity index (χ1v) is 8.49. The highest BCUT2D eigenvalue weighted by Gasteiger charge is 2.45. The Morgan fingerprint density at radius 1 is 1.05 bits per heavy atom. The van der Waals surface area contributed by atoms with Crippen LogP contribution < -0.4 is 11.1 Å². The first-order valence-electron chi connectivity index (χ1n) is 8.49. The van der Waals surface area contributed by atoms with Gasteiger partial charge in [-0.2, -0.15) is 0 Å². The second kappa shape index (κ2) is 6.46. The van der Waals surface area contributed by atoms with E-state index in [9.17, 15) is 4.79 Å². The Morgan fingerprint density at radius 3 is 2.25 bits per heavy atom. The highest BCUT2D eigenvalue weighted by atomic mass is 16.2. The van der Waals surface area contributed by atoms with E-state index in [2.05, 4.69) is 26.1 Å². The van der Waals surface area contributed by atoms with Crippen LogP contribution in [0.5, 0.6) is 0 Å². The van der Waals surface area contributed by atoms with Crippen molar-refractivity contribution in [2.24, 2.45) is 23.0 Å². The number of carbonyl (C=O) groups is 1. The lowest BCUT2D eigenvalue weighted by atomic mass is 9.61. The Labute approximate surface area is 124 Å². The molecule has 2 saturated carbocycles. The molecule has 2 fully saturated rings. The molecule has 0 aromatic carbocycles. The largest absolute Gasteiger partial charge is 0.353 e. The maximum absolute atomic E-state index is 12.7. The number of carbonyl (C=O) groups excluding carboxylic acids is 1. The number of hydrogen-bond donors (Lipinski definition) is 2. The maximum Gasteiger partial charge on any atom is 0.223 e. The minimum atomic E-state index is 0.00643. The molecule has 3 atom stereocenters. The van der Waals surface area contributed by atoms with E-state index in [4.69, 9.17) is 5.73 Å². The number of nitrogens with two attached hydrogens (primary N) is 1. The predicted molar refractivity (Wildman–Crippen MR) is 83.3 cm³/mol. The molecule has 0 saturated heterocycles. The van der Waals surface area contributed by atoms with Crippen LogP contribution in [0.15, 0.2) is 0 Å². The molecular formula is C17H32N2O. The lowest BCUT2D eigenvalue weighted by Gasteiger charge is -2.46. The molecule has 3 heteroatoms. The van der Waals surface area contributed by atoms with Gasteiger partial charge in [0.2, 0.25) is 5.91 Å². The monoisotopic (exact) mass is 280 g/mol. The molecule has 116 valence electrons. The molecule has 0 radical (unpaired) electrons. The lowest BCUT2D eigenvalue weighted by Crippen LogP contribution is -2.52. The summed E-state index contributed by atoms with van der Waals surface area (Å²) in [6, 6.07) is 0.652. The second-order valence-corrected chi connectivity index (χ2v) is 7.60. The van der Waals surface area contributed by atoms with Crippen LogP contribution in [-0.2, 0) is 4.79 Å². The summed E-state index contributed by atoms with van der Waals surface area (Å²) in [6.45, 7) is 6.64. The van der Waals surface area contributed by atoms with Crippen LogP contribution >= 0.6 is 0 Å². The van der Waals surface area contributed by atoms with Gasteiger partial charge >= 0.3 is 0 Å². The third-order valence-electron chi connectivity index (χ3n) is 6.02. The molecule has 0 aliphatic heterocycles.